The van der Waals surface area contributed by atoms with Gasteiger partial charge in [-0.15, -0.1) is 0 Å². The van der Waals surface area contributed by atoms with Gasteiger partial charge in [0.15, 0.2) is 0 Å². The summed E-state index contributed by atoms with van der Waals surface area (Å²) in [5.74, 6) is -1.20. The number of rotatable bonds is 6. The molecule has 1 aliphatic heterocycles. The fourth-order valence-corrected chi connectivity index (χ4v) is 3.29. The van der Waals surface area contributed by atoms with Gasteiger partial charge >= 0.3 is 0 Å². The van der Waals surface area contributed by atoms with Crippen molar-refractivity contribution in [3.63, 3.8) is 0 Å². The van der Waals surface area contributed by atoms with Gasteiger partial charge < -0.3 is 10.2 Å². The van der Waals surface area contributed by atoms with Crippen molar-refractivity contribution in [2.45, 2.75) is 25.8 Å². The van der Waals surface area contributed by atoms with Crippen LogP contribution in [-0.4, -0.2) is 36.9 Å². The van der Waals surface area contributed by atoms with Gasteiger partial charge in [0.1, 0.15) is 6.04 Å². The molecule has 0 aliphatic carbocycles. The summed E-state index contributed by atoms with van der Waals surface area (Å²) in [6, 6.07) is 16.6. The van der Waals surface area contributed by atoms with Crippen LogP contribution in [0.3, 0.4) is 0 Å². The van der Waals surface area contributed by atoms with E-state index < -0.39 is 17.9 Å². The molecule has 3 rings (SSSR count). The van der Waals surface area contributed by atoms with Crippen molar-refractivity contribution in [3.05, 3.63) is 71.8 Å². The Balaban J connectivity index is 1.43. The molecule has 0 unspecified atom stereocenters. The molecular weight excluding hydrogens is 380 g/mol. The lowest BCUT2D eigenvalue weighted by atomic mass is 10.0. The van der Waals surface area contributed by atoms with E-state index in [4.69, 9.17) is 0 Å². The third-order valence-corrected chi connectivity index (χ3v) is 4.84. The summed E-state index contributed by atoms with van der Waals surface area (Å²) in [4.78, 5) is 38.4. The average molecular weight is 406 g/mol. The standard InChI is InChI=1S/C23H26N4O3/c1-17(24-21(28)14-13-18-8-3-2-4-9-18)23(30)26-25-22(29)16-27-15-7-11-19-10-5-6-12-20(19)27/h2-6,8-10,12-14,17H,7,11,15-16H2,1H3,(H,24,28)(H,25,29)(H,26,30)/b14-13+/t17-/m0/s1. The fourth-order valence-electron chi connectivity index (χ4n) is 3.29. The fraction of sp³-hybridized carbons (Fsp3) is 0.261. The molecule has 0 radical (unpaired) electrons. The Hall–Kier alpha value is -3.61. The predicted molar refractivity (Wildman–Crippen MR) is 116 cm³/mol. The number of nitrogens with zero attached hydrogens (tertiary/aromatic N) is 1. The number of carbonyl (C=O) groups excluding carboxylic acids is 3. The lowest BCUT2D eigenvalue weighted by molar-refractivity contribution is -0.130. The molecule has 1 heterocycles. The molecule has 2 aromatic rings. The predicted octanol–water partition coefficient (Wildman–Crippen LogP) is 1.80. The highest BCUT2D eigenvalue weighted by atomic mass is 16.2. The van der Waals surface area contributed by atoms with Crippen LogP contribution in [0.15, 0.2) is 60.7 Å². The van der Waals surface area contributed by atoms with Crippen molar-refractivity contribution < 1.29 is 14.4 Å². The molecule has 0 bridgehead atoms. The molecule has 30 heavy (non-hydrogen) atoms. The van der Waals surface area contributed by atoms with E-state index in [0.717, 1.165) is 30.6 Å². The maximum atomic E-state index is 12.3. The van der Waals surface area contributed by atoms with Gasteiger partial charge in [0.2, 0.25) is 5.91 Å². The maximum Gasteiger partial charge on any atom is 0.260 e. The number of benzene rings is 2. The molecule has 0 saturated heterocycles. The van der Waals surface area contributed by atoms with Crippen LogP contribution in [0.1, 0.15) is 24.5 Å². The first-order valence-corrected chi connectivity index (χ1v) is 9.98. The molecule has 0 fully saturated rings. The Morgan fingerprint density at radius 2 is 1.77 bits per heavy atom. The highest BCUT2D eigenvalue weighted by molar-refractivity contribution is 5.95. The maximum absolute atomic E-state index is 12.3. The van der Waals surface area contributed by atoms with Crippen molar-refractivity contribution in [1.82, 2.24) is 16.2 Å². The third kappa shape index (κ3) is 5.94. The zero-order valence-electron chi connectivity index (χ0n) is 16.9. The van der Waals surface area contributed by atoms with Crippen LogP contribution in [0, 0.1) is 0 Å². The highest BCUT2D eigenvalue weighted by Crippen LogP contribution is 2.26. The van der Waals surface area contributed by atoms with Gasteiger partial charge in [-0.1, -0.05) is 48.5 Å². The number of hydrazine groups is 1. The first kappa shape index (κ1) is 21.1. The van der Waals surface area contributed by atoms with Gasteiger partial charge in [0.05, 0.1) is 6.54 Å². The third-order valence-electron chi connectivity index (χ3n) is 4.84. The van der Waals surface area contributed by atoms with E-state index in [1.807, 2.05) is 53.4 Å². The van der Waals surface area contributed by atoms with Gasteiger partial charge in [-0.05, 0) is 43.0 Å². The molecule has 7 heteroatoms. The first-order chi connectivity index (χ1) is 14.5. The summed E-state index contributed by atoms with van der Waals surface area (Å²) in [6.45, 7) is 2.49. The molecule has 3 N–H and O–H groups in total. The number of aryl methyl sites for hydroxylation is 1. The summed E-state index contributed by atoms with van der Waals surface area (Å²) in [7, 11) is 0. The van der Waals surface area contributed by atoms with E-state index in [-0.39, 0.29) is 12.5 Å². The Morgan fingerprint density at radius 1 is 1.03 bits per heavy atom. The van der Waals surface area contributed by atoms with Gasteiger partial charge in [0, 0.05) is 18.3 Å². The minimum Gasteiger partial charge on any atom is -0.362 e. The van der Waals surface area contributed by atoms with E-state index in [2.05, 4.69) is 22.2 Å². The molecule has 3 amide bonds. The summed E-state index contributed by atoms with van der Waals surface area (Å²) in [5, 5.41) is 2.57. The van der Waals surface area contributed by atoms with E-state index in [1.165, 1.54) is 11.6 Å². The van der Waals surface area contributed by atoms with Crippen LogP contribution >= 0.6 is 0 Å². The SMILES string of the molecule is C[C@H](NC(=O)/C=C/c1ccccc1)C(=O)NNC(=O)CN1CCCc2ccccc21. The number of nitrogens with one attached hydrogen (secondary N) is 3. The minimum absolute atomic E-state index is 0.151. The Bertz CT molecular complexity index is 927. The van der Waals surface area contributed by atoms with Gasteiger partial charge in [0.25, 0.3) is 11.8 Å². The summed E-state index contributed by atoms with van der Waals surface area (Å²) in [5.41, 5.74) is 7.95. The van der Waals surface area contributed by atoms with Crippen molar-refractivity contribution >= 4 is 29.5 Å². The molecule has 7 nitrogen and oxygen atoms in total. The van der Waals surface area contributed by atoms with E-state index in [9.17, 15) is 14.4 Å². The van der Waals surface area contributed by atoms with Crippen molar-refractivity contribution in [2.75, 3.05) is 18.0 Å². The lowest BCUT2D eigenvalue weighted by Crippen LogP contribution is -2.53. The van der Waals surface area contributed by atoms with Crippen molar-refractivity contribution in [1.29, 1.82) is 0 Å². The quantitative estimate of drug-likeness (QED) is 0.504. The second kappa shape index (κ2) is 10.2. The minimum atomic E-state index is -0.797. The summed E-state index contributed by atoms with van der Waals surface area (Å²) in [6.07, 6.45) is 5.01. The van der Waals surface area contributed by atoms with Crippen LogP contribution in [0.5, 0.6) is 0 Å². The number of amides is 3. The highest BCUT2D eigenvalue weighted by Gasteiger charge is 2.20. The van der Waals surface area contributed by atoms with Gasteiger partial charge in [-0.3, -0.25) is 25.2 Å². The molecule has 0 aromatic heterocycles. The summed E-state index contributed by atoms with van der Waals surface area (Å²) < 4.78 is 0. The Morgan fingerprint density at radius 3 is 2.57 bits per heavy atom. The molecule has 2 aromatic carbocycles. The van der Waals surface area contributed by atoms with Crippen LogP contribution in [-0.2, 0) is 20.8 Å². The van der Waals surface area contributed by atoms with Crippen LogP contribution in [0.25, 0.3) is 6.08 Å². The Labute approximate surface area is 176 Å². The van der Waals surface area contributed by atoms with E-state index in [1.54, 1.807) is 13.0 Å². The molecule has 0 saturated carbocycles. The number of hydrogen-bond acceptors (Lipinski definition) is 4. The lowest BCUT2D eigenvalue weighted by Gasteiger charge is -2.30. The first-order valence-electron chi connectivity index (χ1n) is 9.98. The number of hydrogen-bond donors (Lipinski definition) is 3. The second-order valence-corrected chi connectivity index (χ2v) is 7.17. The molecule has 1 aliphatic rings. The van der Waals surface area contributed by atoms with Gasteiger partial charge in [-0.2, -0.15) is 0 Å². The van der Waals surface area contributed by atoms with E-state index in [0.29, 0.717) is 0 Å². The van der Waals surface area contributed by atoms with Crippen molar-refractivity contribution in [3.8, 4) is 0 Å². The smallest absolute Gasteiger partial charge is 0.260 e. The normalized spacial score (nSPS) is 14.0. The topological polar surface area (TPSA) is 90.5 Å². The average Bonchev–Trinajstić information content (AvgIpc) is 2.77. The monoisotopic (exact) mass is 406 g/mol. The largest absolute Gasteiger partial charge is 0.362 e. The molecule has 0 spiro atoms. The van der Waals surface area contributed by atoms with E-state index >= 15 is 0 Å². The van der Waals surface area contributed by atoms with Gasteiger partial charge in [-0.25, -0.2) is 0 Å². The molecule has 1 atom stereocenters. The summed E-state index contributed by atoms with van der Waals surface area (Å²) >= 11 is 0. The van der Waals surface area contributed by atoms with Crippen LogP contribution in [0.4, 0.5) is 5.69 Å². The number of carbonyl (C=O) groups is 3. The van der Waals surface area contributed by atoms with Crippen molar-refractivity contribution in [2.24, 2.45) is 0 Å². The Kier molecular flexibility index (Phi) is 7.21. The van der Waals surface area contributed by atoms with Crippen LogP contribution in [0.2, 0.25) is 0 Å². The number of fused-ring (bicyclic) bond motifs is 1. The zero-order chi connectivity index (χ0) is 21.3. The van der Waals surface area contributed by atoms with Crippen LogP contribution < -0.4 is 21.1 Å². The zero-order valence-corrected chi connectivity index (χ0v) is 16.9. The molecule has 156 valence electrons. The number of anilines is 1. The number of para-hydroxylation sites is 1. The second-order valence-electron chi connectivity index (χ2n) is 7.17. The molecular formula is C23H26N4O3.